The minimum Gasteiger partial charge on any atom is -0.383 e. The number of hydrogen-bond donors (Lipinski definition) is 2. The lowest BCUT2D eigenvalue weighted by Crippen LogP contribution is -2.34. The largest absolute Gasteiger partial charge is 0.434 e. The van der Waals surface area contributed by atoms with E-state index in [1.165, 1.54) is 12.1 Å². The maximum Gasteiger partial charge on any atom is 0.434 e. The Balaban J connectivity index is 2.16. The van der Waals surface area contributed by atoms with E-state index in [0.717, 1.165) is 16.4 Å². The second kappa shape index (κ2) is 8.81. The van der Waals surface area contributed by atoms with Crippen molar-refractivity contribution in [3.63, 3.8) is 0 Å². The molecule has 0 radical (unpaired) electrons. The van der Waals surface area contributed by atoms with E-state index in [2.05, 4.69) is 15.7 Å². The number of ether oxygens (including phenoxy) is 1. The molecule has 6 nitrogen and oxygen atoms in total. The van der Waals surface area contributed by atoms with Crippen LogP contribution < -0.4 is 10.6 Å². The van der Waals surface area contributed by atoms with E-state index >= 15 is 0 Å². The molecule has 142 valence electrons. The quantitative estimate of drug-likeness (QED) is 0.699. The summed E-state index contributed by atoms with van der Waals surface area (Å²) in [5.74, 6) is -0.816. The van der Waals surface area contributed by atoms with Gasteiger partial charge in [-0.05, 0) is 19.1 Å². The summed E-state index contributed by atoms with van der Waals surface area (Å²) >= 11 is 0. The van der Waals surface area contributed by atoms with Gasteiger partial charge in [-0.15, -0.1) is 0 Å². The van der Waals surface area contributed by atoms with Crippen LogP contribution in [0.3, 0.4) is 0 Å². The smallest absolute Gasteiger partial charge is 0.383 e. The predicted octanol–water partition coefficient (Wildman–Crippen LogP) is 2.17. The second-order valence-corrected chi connectivity index (χ2v) is 5.65. The molecule has 0 fully saturated rings. The van der Waals surface area contributed by atoms with E-state index in [1.807, 2.05) is 6.92 Å². The van der Waals surface area contributed by atoms with Crippen LogP contribution in [0.15, 0.2) is 30.5 Å². The number of benzene rings is 1. The molecule has 1 amide bonds. The van der Waals surface area contributed by atoms with Crippen molar-refractivity contribution < 1.29 is 22.7 Å². The van der Waals surface area contributed by atoms with Crippen molar-refractivity contribution in [3.05, 3.63) is 47.3 Å². The molecule has 0 aliphatic carbocycles. The Bertz CT molecular complexity index is 727. The monoisotopic (exact) mass is 370 g/mol. The van der Waals surface area contributed by atoms with E-state index in [9.17, 15) is 18.0 Å². The van der Waals surface area contributed by atoms with Gasteiger partial charge in [-0.1, -0.05) is 17.7 Å². The van der Waals surface area contributed by atoms with Gasteiger partial charge in [-0.25, -0.2) is 4.68 Å². The van der Waals surface area contributed by atoms with Crippen LogP contribution in [0.5, 0.6) is 0 Å². The van der Waals surface area contributed by atoms with Crippen molar-refractivity contribution in [3.8, 4) is 5.69 Å². The van der Waals surface area contributed by atoms with E-state index in [1.54, 1.807) is 19.2 Å². The Hall–Kier alpha value is -2.39. The normalized spacial score (nSPS) is 11.6. The molecule has 0 unspecified atom stereocenters. The number of hydrogen-bond acceptors (Lipinski definition) is 4. The summed E-state index contributed by atoms with van der Waals surface area (Å²) in [6.07, 6.45) is -3.78. The summed E-state index contributed by atoms with van der Waals surface area (Å²) in [6, 6.07) is 6.42. The molecule has 2 rings (SSSR count). The SMILES string of the molecule is COCCNCCNC(=O)c1cnn(-c2ccc(C)cc2)c1C(F)(F)F. The van der Waals surface area contributed by atoms with Gasteiger partial charge >= 0.3 is 6.18 Å². The fraction of sp³-hybridized carbons (Fsp3) is 0.412. The summed E-state index contributed by atoms with van der Waals surface area (Å²) in [5, 5.41) is 9.23. The molecule has 0 aliphatic heterocycles. The molecular formula is C17H21F3N4O2. The van der Waals surface area contributed by atoms with Gasteiger partial charge in [0.1, 0.15) is 0 Å². The number of amides is 1. The first-order chi connectivity index (χ1) is 12.3. The molecule has 0 saturated heterocycles. The number of nitrogens with one attached hydrogen (secondary N) is 2. The van der Waals surface area contributed by atoms with Gasteiger partial charge in [0.15, 0.2) is 5.69 Å². The first kappa shape index (κ1) is 19.9. The van der Waals surface area contributed by atoms with Gasteiger partial charge in [-0.3, -0.25) is 4.79 Å². The van der Waals surface area contributed by atoms with Crippen molar-refractivity contribution in [1.82, 2.24) is 20.4 Å². The summed E-state index contributed by atoms with van der Waals surface area (Å²) in [7, 11) is 1.56. The standard InChI is InChI=1S/C17H21F3N4O2/c1-12-3-5-13(6-4-12)24-15(17(18,19)20)14(11-23-24)16(25)22-8-7-21-9-10-26-2/h3-6,11,21H,7-10H2,1-2H3,(H,22,25). The molecule has 0 aliphatic rings. The van der Waals surface area contributed by atoms with Crippen LogP contribution in [0.1, 0.15) is 21.6 Å². The Morgan fingerprint density at radius 3 is 2.50 bits per heavy atom. The molecule has 0 bridgehead atoms. The average Bonchev–Trinajstić information content (AvgIpc) is 3.04. The number of nitrogens with zero attached hydrogens (tertiary/aromatic N) is 2. The molecule has 1 aromatic heterocycles. The Kier molecular flexibility index (Phi) is 6.76. The predicted molar refractivity (Wildman–Crippen MR) is 90.4 cm³/mol. The van der Waals surface area contributed by atoms with E-state index < -0.39 is 23.3 Å². The Morgan fingerprint density at radius 2 is 1.88 bits per heavy atom. The van der Waals surface area contributed by atoms with Crippen LogP contribution in [-0.4, -0.2) is 49.0 Å². The third kappa shape index (κ3) is 5.06. The van der Waals surface area contributed by atoms with Crippen molar-refractivity contribution in [2.75, 3.05) is 33.4 Å². The van der Waals surface area contributed by atoms with Crippen LogP contribution in [0, 0.1) is 6.92 Å². The van der Waals surface area contributed by atoms with Crippen molar-refractivity contribution in [1.29, 1.82) is 0 Å². The van der Waals surface area contributed by atoms with E-state index in [-0.39, 0.29) is 12.2 Å². The third-order valence-corrected chi connectivity index (χ3v) is 3.63. The Labute approximate surface area is 149 Å². The first-order valence-electron chi connectivity index (χ1n) is 8.04. The topological polar surface area (TPSA) is 68.2 Å². The number of carbonyl (C=O) groups excluding carboxylic acids is 1. The van der Waals surface area contributed by atoms with Crippen LogP contribution in [0.25, 0.3) is 5.69 Å². The van der Waals surface area contributed by atoms with E-state index in [4.69, 9.17) is 4.74 Å². The lowest BCUT2D eigenvalue weighted by atomic mass is 10.2. The van der Waals surface area contributed by atoms with Gasteiger partial charge in [0, 0.05) is 26.7 Å². The maximum absolute atomic E-state index is 13.5. The lowest BCUT2D eigenvalue weighted by molar-refractivity contribution is -0.143. The zero-order valence-corrected chi connectivity index (χ0v) is 14.6. The molecule has 26 heavy (non-hydrogen) atoms. The summed E-state index contributed by atoms with van der Waals surface area (Å²) in [5.41, 5.74) is -0.447. The van der Waals surface area contributed by atoms with Crippen molar-refractivity contribution in [2.24, 2.45) is 0 Å². The fourth-order valence-electron chi connectivity index (χ4n) is 2.33. The minimum absolute atomic E-state index is 0.190. The molecular weight excluding hydrogens is 349 g/mol. The number of methoxy groups -OCH3 is 1. The van der Waals surface area contributed by atoms with Crippen LogP contribution in [0.4, 0.5) is 13.2 Å². The highest BCUT2D eigenvalue weighted by atomic mass is 19.4. The number of halogens is 3. The number of rotatable bonds is 8. The Morgan fingerprint density at radius 1 is 1.19 bits per heavy atom. The zero-order valence-electron chi connectivity index (χ0n) is 14.6. The van der Waals surface area contributed by atoms with Gasteiger partial charge in [0.05, 0.1) is 24.1 Å². The minimum atomic E-state index is -4.72. The van der Waals surface area contributed by atoms with Gasteiger partial charge < -0.3 is 15.4 Å². The maximum atomic E-state index is 13.5. The molecule has 0 spiro atoms. The van der Waals surface area contributed by atoms with E-state index in [0.29, 0.717) is 19.7 Å². The number of alkyl halides is 3. The highest BCUT2D eigenvalue weighted by Crippen LogP contribution is 2.33. The summed E-state index contributed by atoms with van der Waals surface area (Å²) in [4.78, 5) is 12.2. The molecule has 0 atom stereocenters. The summed E-state index contributed by atoms with van der Waals surface area (Å²) in [6.45, 7) is 3.54. The lowest BCUT2D eigenvalue weighted by Gasteiger charge is -2.13. The van der Waals surface area contributed by atoms with Crippen LogP contribution in [0.2, 0.25) is 0 Å². The van der Waals surface area contributed by atoms with Gasteiger partial charge in [-0.2, -0.15) is 18.3 Å². The van der Waals surface area contributed by atoms with Crippen LogP contribution >= 0.6 is 0 Å². The van der Waals surface area contributed by atoms with Gasteiger partial charge in [0.25, 0.3) is 5.91 Å². The molecule has 2 aromatic rings. The fourth-order valence-corrected chi connectivity index (χ4v) is 2.33. The highest BCUT2D eigenvalue weighted by Gasteiger charge is 2.40. The molecule has 1 aromatic carbocycles. The summed E-state index contributed by atoms with van der Waals surface area (Å²) < 4.78 is 46.2. The average molecular weight is 370 g/mol. The number of aromatic nitrogens is 2. The number of aryl methyl sites for hydroxylation is 1. The van der Waals surface area contributed by atoms with Gasteiger partial charge in [0.2, 0.25) is 0 Å². The zero-order chi connectivity index (χ0) is 19.2. The first-order valence-corrected chi connectivity index (χ1v) is 8.04. The second-order valence-electron chi connectivity index (χ2n) is 5.65. The molecule has 9 heteroatoms. The molecule has 2 N–H and O–H groups in total. The molecule has 0 saturated carbocycles. The highest BCUT2D eigenvalue weighted by molar-refractivity contribution is 5.95. The third-order valence-electron chi connectivity index (χ3n) is 3.63. The molecule has 1 heterocycles. The van der Waals surface area contributed by atoms with Crippen molar-refractivity contribution >= 4 is 5.91 Å². The number of carbonyl (C=O) groups is 1. The van der Waals surface area contributed by atoms with Crippen LogP contribution in [-0.2, 0) is 10.9 Å². The van der Waals surface area contributed by atoms with Crippen molar-refractivity contribution in [2.45, 2.75) is 13.1 Å².